The van der Waals surface area contributed by atoms with Crippen LogP contribution >= 0.6 is 15.9 Å². The van der Waals surface area contributed by atoms with Gasteiger partial charge in [-0.25, -0.2) is 0 Å². The molecule has 1 aromatic carbocycles. The first-order chi connectivity index (χ1) is 7.29. The molecule has 2 rings (SSSR count). The van der Waals surface area contributed by atoms with E-state index in [4.69, 9.17) is 5.26 Å². The van der Waals surface area contributed by atoms with Crippen molar-refractivity contribution >= 4 is 21.6 Å². The van der Waals surface area contributed by atoms with Crippen LogP contribution in [-0.2, 0) is 0 Å². The van der Waals surface area contributed by atoms with Crippen LogP contribution in [0.25, 0.3) is 0 Å². The van der Waals surface area contributed by atoms with Crippen LogP contribution in [0, 0.1) is 17.2 Å². The maximum Gasteiger partial charge on any atom is 0.0992 e. The molecule has 0 radical (unpaired) electrons. The van der Waals surface area contributed by atoms with E-state index in [1.165, 1.54) is 19.3 Å². The molecule has 1 aromatic rings. The molecule has 0 atom stereocenters. The van der Waals surface area contributed by atoms with Crippen LogP contribution in [0.3, 0.4) is 0 Å². The molecule has 0 spiro atoms. The first kappa shape index (κ1) is 10.5. The lowest BCUT2D eigenvalue weighted by molar-refractivity contribution is 0.760. The van der Waals surface area contributed by atoms with Gasteiger partial charge in [-0.3, -0.25) is 0 Å². The van der Waals surface area contributed by atoms with Gasteiger partial charge in [0.25, 0.3) is 0 Å². The Morgan fingerprint density at radius 1 is 1.47 bits per heavy atom. The van der Waals surface area contributed by atoms with Gasteiger partial charge in [0, 0.05) is 16.7 Å². The highest BCUT2D eigenvalue weighted by Crippen LogP contribution is 2.32. The Kier molecular flexibility index (Phi) is 3.27. The van der Waals surface area contributed by atoms with Crippen molar-refractivity contribution in [2.75, 3.05) is 11.9 Å². The van der Waals surface area contributed by atoms with Gasteiger partial charge >= 0.3 is 0 Å². The minimum Gasteiger partial charge on any atom is -0.384 e. The van der Waals surface area contributed by atoms with Crippen LogP contribution in [0.15, 0.2) is 22.7 Å². The minimum absolute atomic E-state index is 0.689. The molecule has 15 heavy (non-hydrogen) atoms. The third kappa shape index (κ3) is 2.97. The highest BCUT2D eigenvalue weighted by Gasteiger charge is 2.20. The normalized spacial score (nSPS) is 14.7. The van der Waals surface area contributed by atoms with E-state index in [0.717, 1.165) is 22.6 Å². The number of anilines is 1. The molecule has 0 saturated heterocycles. The Morgan fingerprint density at radius 2 is 2.27 bits per heavy atom. The van der Waals surface area contributed by atoms with E-state index < -0.39 is 0 Å². The van der Waals surface area contributed by atoms with E-state index in [1.54, 1.807) is 0 Å². The predicted octanol–water partition coefficient (Wildman–Crippen LogP) is 3.53. The van der Waals surface area contributed by atoms with Gasteiger partial charge in [0.15, 0.2) is 0 Å². The summed E-state index contributed by atoms with van der Waals surface area (Å²) in [6, 6.07) is 7.76. The zero-order valence-corrected chi connectivity index (χ0v) is 10.0. The summed E-state index contributed by atoms with van der Waals surface area (Å²) < 4.78 is 0.970. The molecule has 1 aliphatic carbocycles. The number of halogens is 1. The monoisotopic (exact) mass is 264 g/mol. The van der Waals surface area contributed by atoms with E-state index in [2.05, 4.69) is 27.3 Å². The summed E-state index contributed by atoms with van der Waals surface area (Å²) in [5, 5.41) is 12.1. The van der Waals surface area contributed by atoms with Crippen molar-refractivity contribution in [1.82, 2.24) is 0 Å². The Hall–Kier alpha value is -1.01. The van der Waals surface area contributed by atoms with Crippen LogP contribution < -0.4 is 5.32 Å². The number of nitrogens with one attached hydrogen (secondary N) is 1. The van der Waals surface area contributed by atoms with Crippen LogP contribution in [0.1, 0.15) is 24.8 Å². The van der Waals surface area contributed by atoms with E-state index in [9.17, 15) is 0 Å². The zero-order chi connectivity index (χ0) is 10.7. The molecule has 0 heterocycles. The van der Waals surface area contributed by atoms with Gasteiger partial charge in [0.1, 0.15) is 0 Å². The Balaban J connectivity index is 1.92. The highest BCUT2D eigenvalue weighted by molar-refractivity contribution is 9.10. The summed E-state index contributed by atoms with van der Waals surface area (Å²) >= 11 is 3.46. The molecular formula is C12H13BrN2. The van der Waals surface area contributed by atoms with Crippen molar-refractivity contribution in [1.29, 1.82) is 5.26 Å². The third-order valence-electron chi connectivity index (χ3n) is 2.66. The average Bonchev–Trinajstić information content (AvgIpc) is 3.04. The summed E-state index contributed by atoms with van der Waals surface area (Å²) in [5.74, 6) is 0.953. The van der Waals surface area contributed by atoms with Gasteiger partial charge in [-0.05, 0) is 46.5 Å². The van der Waals surface area contributed by atoms with Gasteiger partial charge in [0.05, 0.1) is 11.6 Å². The first-order valence-corrected chi connectivity index (χ1v) is 6.02. The second-order valence-electron chi connectivity index (χ2n) is 3.97. The van der Waals surface area contributed by atoms with Crippen LogP contribution in [0.4, 0.5) is 5.69 Å². The number of rotatable bonds is 4. The second-order valence-corrected chi connectivity index (χ2v) is 4.82. The van der Waals surface area contributed by atoms with Crippen molar-refractivity contribution in [2.45, 2.75) is 19.3 Å². The van der Waals surface area contributed by atoms with Crippen LogP contribution in [-0.4, -0.2) is 6.54 Å². The van der Waals surface area contributed by atoms with E-state index >= 15 is 0 Å². The Labute approximate surface area is 98.4 Å². The smallest absolute Gasteiger partial charge is 0.0992 e. The van der Waals surface area contributed by atoms with Gasteiger partial charge < -0.3 is 5.32 Å². The minimum atomic E-state index is 0.689. The Bertz CT molecular complexity index is 391. The standard InChI is InChI=1S/C12H13BrN2/c13-11-7-10(8-14)3-4-12(11)15-6-5-9-1-2-9/h3-4,7,9,15H,1-2,5-6H2. The molecule has 1 saturated carbocycles. The van der Waals surface area contributed by atoms with Crippen molar-refractivity contribution < 1.29 is 0 Å². The lowest BCUT2D eigenvalue weighted by Crippen LogP contribution is -2.02. The number of hydrogen-bond donors (Lipinski definition) is 1. The predicted molar refractivity (Wildman–Crippen MR) is 64.7 cm³/mol. The van der Waals surface area contributed by atoms with Crippen molar-refractivity contribution in [3.8, 4) is 6.07 Å². The molecule has 0 bridgehead atoms. The summed E-state index contributed by atoms with van der Waals surface area (Å²) in [6.45, 7) is 1.02. The Morgan fingerprint density at radius 3 is 2.87 bits per heavy atom. The molecule has 0 unspecified atom stereocenters. The quantitative estimate of drug-likeness (QED) is 0.903. The molecule has 3 heteroatoms. The molecule has 1 aliphatic rings. The summed E-state index contributed by atoms with van der Waals surface area (Å²) in [7, 11) is 0. The lowest BCUT2D eigenvalue weighted by Gasteiger charge is -2.07. The molecule has 78 valence electrons. The number of nitriles is 1. The van der Waals surface area contributed by atoms with Crippen molar-refractivity contribution in [3.05, 3.63) is 28.2 Å². The van der Waals surface area contributed by atoms with E-state index in [0.29, 0.717) is 5.56 Å². The third-order valence-corrected chi connectivity index (χ3v) is 3.32. The lowest BCUT2D eigenvalue weighted by atomic mass is 10.2. The molecule has 0 aliphatic heterocycles. The molecule has 0 aromatic heterocycles. The largest absolute Gasteiger partial charge is 0.384 e. The van der Waals surface area contributed by atoms with Gasteiger partial charge in [-0.2, -0.15) is 5.26 Å². The van der Waals surface area contributed by atoms with E-state index in [1.807, 2.05) is 18.2 Å². The molecular weight excluding hydrogens is 252 g/mol. The highest BCUT2D eigenvalue weighted by atomic mass is 79.9. The summed E-state index contributed by atoms with van der Waals surface area (Å²) in [4.78, 5) is 0. The van der Waals surface area contributed by atoms with Gasteiger partial charge in [-0.1, -0.05) is 12.8 Å². The fraction of sp³-hybridized carbons (Fsp3) is 0.417. The van der Waals surface area contributed by atoms with Crippen LogP contribution in [0.5, 0.6) is 0 Å². The molecule has 2 nitrogen and oxygen atoms in total. The average molecular weight is 265 g/mol. The van der Waals surface area contributed by atoms with Crippen molar-refractivity contribution in [2.24, 2.45) is 5.92 Å². The number of hydrogen-bond acceptors (Lipinski definition) is 2. The SMILES string of the molecule is N#Cc1ccc(NCCC2CC2)c(Br)c1. The fourth-order valence-electron chi connectivity index (χ4n) is 1.55. The zero-order valence-electron chi connectivity index (χ0n) is 8.46. The first-order valence-electron chi connectivity index (χ1n) is 5.23. The fourth-order valence-corrected chi connectivity index (χ4v) is 2.06. The van der Waals surface area contributed by atoms with Crippen molar-refractivity contribution in [3.63, 3.8) is 0 Å². The summed E-state index contributed by atoms with van der Waals surface area (Å²) in [5.41, 5.74) is 1.77. The number of nitrogens with zero attached hydrogens (tertiary/aromatic N) is 1. The maximum absolute atomic E-state index is 8.72. The van der Waals surface area contributed by atoms with Crippen LogP contribution in [0.2, 0.25) is 0 Å². The number of benzene rings is 1. The maximum atomic E-state index is 8.72. The molecule has 0 amide bonds. The topological polar surface area (TPSA) is 35.8 Å². The van der Waals surface area contributed by atoms with E-state index in [-0.39, 0.29) is 0 Å². The molecule has 1 fully saturated rings. The van der Waals surface area contributed by atoms with Gasteiger partial charge in [0.2, 0.25) is 0 Å². The second kappa shape index (κ2) is 4.67. The van der Waals surface area contributed by atoms with Gasteiger partial charge in [-0.15, -0.1) is 0 Å². The summed E-state index contributed by atoms with van der Waals surface area (Å²) in [6.07, 6.45) is 4.05. The molecule has 1 N–H and O–H groups in total.